The summed E-state index contributed by atoms with van der Waals surface area (Å²) in [5, 5.41) is 0. The summed E-state index contributed by atoms with van der Waals surface area (Å²) < 4.78 is 0. The van der Waals surface area contributed by atoms with E-state index >= 15 is 0 Å². The summed E-state index contributed by atoms with van der Waals surface area (Å²) in [4.78, 5) is 4.15. The van der Waals surface area contributed by atoms with Gasteiger partial charge in [-0.05, 0) is 47.9 Å². The fraction of sp³-hybridized carbons (Fsp3) is 0.312. The second kappa shape index (κ2) is 5.11. The molecule has 2 aromatic rings. The van der Waals surface area contributed by atoms with Crippen molar-refractivity contribution >= 4 is 0 Å². The Hall–Kier alpha value is -1.71. The van der Waals surface area contributed by atoms with Crippen molar-refractivity contribution in [1.29, 1.82) is 0 Å². The molecule has 3 nitrogen and oxygen atoms in total. The van der Waals surface area contributed by atoms with Crippen molar-refractivity contribution in [3.8, 4) is 0 Å². The van der Waals surface area contributed by atoms with Gasteiger partial charge >= 0.3 is 0 Å². The highest BCUT2D eigenvalue weighted by Crippen LogP contribution is 2.54. The van der Waals surface area contributed by atoms with Crippen LogP contribution in [0.1, 0.15) is 35.1 Å². The second-order valence-electron chi connectivity index (χ2n) is 5.29. The van der Waals surface area contributed by atoms with Crippen LogP contribution in [0, 0.1) is 12.8 Å². The maximum Gasteiger partial charge on any atom is 0.0497 e. The van der Waals surface area contributed by atoms with Gasteiger partial charge in [-0.3, -0.25) is 16.3 Å². The Morgan fingerprint density at radius 2 is 2.05 bits per heavy atom. The van der Waals surface area contributed by atoms with Gasteiger partial charge in [0.1, 0.15) is 0 Å². The monoisotopic (exact) mass is 253 g/mol. The number of aromatic nitrogens is 1. The van der Waals surface area contributed by atoms with Crippen molar-refractivity contribution in [3.63, 3.8) is 0 Å². The molecule has 3 N–H and O–H groups in total. The highest BCUT2D eigenvalue weighted by atomic mass is 15.2. The Kier molecular flexibility index (Phi) is 3.32. The van der Waals surface area contributed by atoms with Crippen molar-refractivity contribution < 1.29 is 0 Å². The Balaban J connectivity index is 1.81. The van der Waals surface area contributed by atoms with Gasteiger partial charge in [0.2, 0.25) is 0 Å². The molecule has 1 aromatic carbocycles. The molecule has 0 aliphatic heterocycles. The van der Waals surface area contributed by atoms with Gasteiger partial charge < -0.3 is 0 Å². The van der Waals surface area contributed by atoms with Gasteiger partial charge in [-0.25, -0.2) is 0 Å². The molecular formula is C16H19N3. The Morgan fingerprint density at radius 1 is 1.26 bits per heavy atom. The summed E-state index contributed by atoms with van der Waals surface area (Å²) in [6.45, 7) is 2.09. The molecule has 3 rings (SSSR count). The van der Waals surface area contributed by atoms with Gasteiger partial charge in [0.25, 0.3) is 0 Å². The Labute approximate surface area is 113 Å². The fourth-order valence-corrected chi connectivity index (χ4v) is 2.94. The largest absolute Gasteiger partial charge is 0.271 e. The van der Waals surface area contributed by atoms with Crippen molar-refractivity contribution in [1.82, 2.24) is 10.4 Å². The molecule has 1 fully saturated rings. The van der Waals surface area contributed by atoms with Crippen molar-refractivity contribution in [2.24, 2.45) is 11.8 Å². The van der Waals surface area contributed by atoms with Crippen LogP contribution in [-0.4, -0.2) is 4.98 Å². The van der Waals surface area contributed by atoms with Crippen LogP contribution in [-0.2, 0) is 0 Å². The minimum Gasteiger partial charge on any atom is -0.271 e. The van der Waals surface area contributed by atoms with Gasteiger partial charge in [0.05, 0.1) is 0 Å². The zero-order valence-corrected chi connectivity index (χ0v) is 11.1. The minimum absolute atomic E-state index is 0.216. The first-order valence-electron chi connectivity index (χ1n) is 6.73. The topological polar surface area (TPSA) is 50.9 Å². The van der Waals surface area contributed by atoms with Gasteiger partial charge in [0, 0.05) is 18.4 Å². The van der Waals surface area contributed by atoms with Gasteiger partial charge in [-0.2, -0.15) is 0 Å². The summed E-state index contributed by atoms with van der Waals surface area (Å²) in [6.07, 6.45) is 4.94. The number of nitrogens with two attached hydrogens (primary N) is 1. The van der Waals surface area contributed by atoms with Crippen LogP contribution in [0.2, 0.25) is 0 Å². The first kappa shape index (κ1) is 12.3. The quantitative estimate of drug-likeness (QED) is 0.650. The van der Waals surface area contributed by atoms with E-state index in [0.29, 0.717) is 11.8 Å². The van der Waals surface area contributed by atoms with Gasteiger partial charge in [-0.1, -0.05) is 30.3 Å². The standard InChI is InChI=1S/C16H19N3/c1-11-10-18-8-7-13(11)16(19-17)15-9-14(15)12-5-3-2-4-6-12/h2-8,10,14-16,19H,9,17H2,1H3. The van der Waals surface area contributed by atoms with Gasteiger partial charge in [-0.15, -0.1) is 0 Å². The number of hydrazine groups is 1. The number of rotatable bonds is 4. The fourth-order valence-electron chi connectivity index (χ4n) is 2.94. The van der Waals surface area contributed by atoms with Crippen LogP contribution in [0.4, 0.5) is 0 Å². The molecule has 0 bridgehead atoms. The third-order valence-electron chi connectivity index (χ3n) is 4.07. The maximum atomic E-state index is 5.78. The molecule has 1 aromatic heterocycles. The van der Waals surface area contributed by atoms with E-state index in [2.05, 4.69) is 53.7 Å². The van der Waals surface area contributed by atoms with E-state index in [4.69, 9.17) is 5.84 Å². The molecule has 0 saturated heterocycles. The van der Waals surface area contributed by atoms with E-state index in [-0.39, 0.29) is 6.04 Å². The number of hydrogen-bond donors (Lipinski definition) is 2. The molecule has 0 radical (unpaired) electrons. The number of pyridine rings is 1. The molecular weight excluding hydrogens is 234 g/mol. The van der Waals surface area contributed by atoms with E-state index < -0.39 is 0 Å². The number of aryl methyl sites for hydroxylation is 1. The predicted molar refractivity (Wildman–Crippen MR) is 76.3 cm³/mol. The molecule has 19 heavy (non-hydrogen) atoms. The average molecular weight is 253 g/mol. The molecule has 3 atom stereocenters. The van der Waals surface area contributed by atoms with E-state index in [1.54, 1.807) is 0 Å². The van der Waals surface area contributed by atoms with Gasteiger partial charge in [0.15, 0.2) is 0 Å². The summed E-state index contributed by atoms with van der Waals surface area (Å²) in [5.74, 6) is 6.98. The summed E-state index contributed by atoms with van der Waals surface area (Å²) in [6, 6.07) is 13.0. The molecule has 1 aliphatic carbocycles. The minimum atomic E-state index is 0.216. The number of hydrogen-bond acceptors (Lipinski definition) is 3. The van der Waals surface area contributed by atoms with Crippen LogP contribution < -0.4 is 11.3 Å². The van der Waals surface area contributed by atoms with E-state index in [1.165, 1.54) is 23.1 Å². The van der Waals surface area contributed by atoms with E-state index in [0.717, 1.165) is 0 Å². The van der Waals surface area contributed by atoms with Crippen molar-refractivity contribution in [3.05, 3.63) is 65.5 Å². The number of nitrogens with one attached hydrogen (secondary N) is 1. The van der Waals surface area contributed by atoms with Crippen LogP contribution in [0.3, 0.4) is 0 Å². The third kappa shape index (κ3) is 2.39. The number of nitrogens with zero attached hydrogens (tertiary/aromatic N) is 1. The van der Waals surface area contributed by atoms with E-state index in [1.807, 2.05) is 12.4 Å². The summed E-state index contributed by atoms with van der Waals surface area (Å²) in [7, 11) is 0. The van der Waals surface area contributed by atoms with Crippen molar-refractivity contribution in [2.75, 3.05) is 0 Å². The molecule has 98 valence electrons. The predicted octanol–water partition coefficient (Wildman–Crippen LogP) is 2.70. The molecule has 1 aliphatic rings. The Morgan fingerprint density at radius 3 is 2.74 bits per heavy atom. The average Bonchev–Trinajstić information content (AvgIpc) is 3.23. The number of benzene rings is 1. The summed E-state index contributed by atoms with van der Waals surface area (Å²) >= 11 is 0. The first-order valence-corrected chi connectivity index (χ1v) is 6.73. The second-order valence-corrected chi connectivity index (χ2v) is 5.29. The Bertz CT molecular complexity index is 553. The SMILES string of the molecule is Cc1cnccc1C(NN)C1CC1c1ccccc1. The van der Waals surface area contributed by atoms with E-state index in [9.17, 15) is 0 Å². The van der Waals surface area contributed by atoms with Crippen LogP contribution in [0.15, 0.2) is 48.8 Å². The third-order valence-corrected chi connectivity index (χ3v) is 4.07. The lowest BCUT2D eigenvalue weighted by atomic mass is 9.97. The summed E-state index contributed by atoms with van der Waals surface area (Å²) in [5.41, 5.74) is 6.87. The molecule has 1 heterocycles. The van der Waals surface area contributed by atoms with Crippen LogP contribution >= 0.6 is 0 Å². The first-order chi connectivity index (χ1) is 9.31. The zero-order valence-electron chi connectivity index (χ0n) is 11.1. The normalized spacial score (nSPS) is 23.1. The lowest BCUT2D eigenvalue weighted by Crippen LogP contribution is -2.30. The highest BCUT2D eigenvalue weighted by molar-refractivity contribution is 5.32. The lowest BCUT2D eigenvalue weighted by Gasteiger charge is -2.18. The van der Waals surface area contributed by atoms with Crippen molar-refractivity contribution in [2.45, 2.75) is 25.3 Å². The van der Waals surface area contributed by atoms with Crippen LogP contribution in [0.5, 0.6) is 0 Å². The highest BCUT2D eigenvalue weighted by Gasteiger charge is 2.44. The molecule has 3 heteroatoms. The molecule has 3 unspecified atom stereocenters. The molecule has 0 spiro atoms. The lowest BCUT2D eigenvalue weighted by molar-refractivity contribution is 0.485. The van der Waals surface area contributed by atoms with Crippen LogP contribution in [0.25, 0.3) is 0 Å². The molecule has 0 amide bonds. The smallest absolute Gasteiger partial charge is 0.0497 e. The zero-order chi connectivity index (χ0) is 13.2. The molecule has 1 saturated carbocycles. The maximum absolute atomic E-state index is 5.78.